The van der Waals surface area contributed by atoms with E-state index < -0.39 is 0 Å². The van der Waals surface area contributed by atoms with E-state index in [0.29, 0.717) is 15.6 Å². The molecule has 1 aliphatic rings. The summed E-state index contributed by atoms with van der Waals surface area (Å²) in [4.78, 5) is 27.1. The zero-order valence-corrected chi connectivity index (χ0v) is 18.8. The van der Waals surface area contributed by atoms with Gasteiger partial charge in [-0.3, -0.25) is 9.59 Å². The van der Waals surface area contributed by atoms with Crippen LogP contribution in [0.25, 0.3) is 11.8 Å². The van der Waals surface area contributed by atoms with Gasteiger partial charge in [-0.15, -0.1) is 0 Å². The van der Waals surface area contributed by atoms with E-state index in [4.69, 9.17) is 11.6 Å². The fraction of sp³-hybridized carbons (Fsp3) is 0.167. The fourth-order valence-corrected chi connectivity index (χ4v) is 4.75. The van der Waals surface area contributed by atoms with Crippen LogP contribution in [0, 0.1) is 27.7 Å². The van der Waals surface area contributed by atoms with E-state index in [1.165, 1.54) is 16.0 Å². The number of amides is 2. The molecule has 3 aromatic rings. The highest BCUT2D eigenvalue weighted by Crippen LogP contribution is 2.37. The molecule has 0 saturated carbocycles. The van der Waals surface area contributed by atoms with E-state index in [1.807, 2.05) is 26.0 Å². The molecule has 0 spiro atoms. The zero-order chi connectivity index (χ0) is 21.6. The molecule has 1 saturated heterocycles. The van der Waals surface area contributed by atoms with Crippen LogP contribution in [0.15, 0.2) is 53.4 Å². The number of anilines is 1. The number of imide groups is 1. The molecule has 2 heterocycles. The van der Waals surface area contributed by atoms with Gasteiger partial charge in [0.25, 0.3) is 11.1 Å². The molecule has 2 amide bonds. The Morgan fingerprint density at radius 3 is 2.43 bits per heavy atom. The van der Waals surface area contributed by atoms with Crippen molar-refractivity contribution in [1.29, 1.82) is 0 Å². The van der Waals surface area contributed by atoms with Crippen LogP contribution in [-0.2, 0) is 4.79 Å². The summed E-state index contributed by atoms with van der Waals surface area (Å²) in [6, 6.07) is 15.0. The van der Waals surface area contributed by atoms with Gasteiger partial charge in [0.1, 0.15) is 0 Å². The Morgan fingerprint density at radius 2 is 1.70 bits per heavy atom. The number of aryl methyl sites for hydroxylation is 2. The molecule has 2 aromatic carbocycles. The highest BCUT2D eigenvalue weighted by atomic mass is 35.5. The van der Waals surface area contributed by atoms with Crippen molar-refractivity contribution in [3.8, 4) is 5.69 Å². The van der Waals surface area contributed by atoms with Crippen molar-refractivity contribution >= 4 is 46.3 Å². The van der Waals surface area contributed by atoms with Crippen LogP contribution < -0.4 is 4.90 Å². The Balaban J connectivity index is 1.74. The summed E-state index contributed by atoms with van der Waals surface area (Å²) in [7, 11) is 0. The van der Waals surface area contributed by atoms with Crippen molar-refractivity contribution < 1.29 is 9.59 Å². The molecule has 0 bridgehead atoms. The van der Waals surface area contributed by atoms with Crippen LogP contribution >= 0.6 is 23.4 Å². The van der Waals surface area contributed by atoms with Crippen LogP contribution in [0.3, 0.4) is 0 Å². The van der Waals surface area contributed by atoms with E-state index in [1.54, 1.807) is 30.3 Å². The molecule has 0 N–H and O–H groups in total. The molecule has 1 fully saturated rings. The first kappa shape index (κ1) is 20.5. The Kier molecular flexibility index (Phi) is 5.35. The number of hydrogen-bond donors (Lipinski definition) is 0. The topological polar surface area (TPSA) is 42.3 Å². The average Bonchev–Trinajstić information content (AvgIpc) is 3.13. The first-order chi connectivity index (χ1) is 14.3. The third-order valence-corrected chi connectivity index (χ3v) is 6.54. The number of rotatable bonds is 3. The number of carbonyl (C=O) groups excluding carboxylic acids is 2. The third-order valence-electron chi connectivity index (χ3n) is 5.43. The summed E-state index contributed by atoms with van der Waals surface area (Å²) in [5.41, 5.74) is 7.06. The largest absolute Gasteiger partial charge is 0.318 e. The Bertz CT molecular complexity index is 1230. The van der Waals surface area contributed by atoms with Crippen LogP contribution in [-0.4, -0.2) is 15.7 Å². The van der Waals surface area contributed by atoms with Crippen LogP contribution in [0.2, 0.25) is 5.02 Å². The van der Waals surface area contributed by atoms with Gasteiger partial charge in [0, 0.05) is 22.1 Å². The molecule has 0 aliphatic carbocycles. The van der Waals surface area contributed by atoms with Crippen molar-refractivity contribution in [1.82, 2.24) is 4.57 Å². The molecule has 4 nitrogen and oxygen atoms in total. The Morgan fingerprint density at radius 1 is 0.967 bits per heavy atom. The maximum absolute atomic E-state index is 13.0. The van der Waals surface area contributed by atoms with Gasteiger partial charge in [-0.2, -0.15) is 0 Å². The molecule has 0 unspecified atom stereocenters. The third kappa shape index (κ3) is 3.48. The highest BCUT2D eigenvalue weighted by Gasteiger charge is 2.36. The highest BCUT2D eigenvalue weighted by molar-refractivity contribution is 8.19. The number of hydrogen-bond acceptors (Lipinski definition) is 3. The van der Waals surface area contributed by atoms with E-state index in [9.17, 15) is 9.59 Å². The summed E-state index contributed by atoms with van der Waals surface area (Å²) in [5.74, 6) is -0.330. The maximum atomic E-state index is 13.0. The molecule has 152 valence electrons. The van der Waals surface area contributed by atoms with Crippen molar-refractivity contribution in [3.63, 3.8) is 0 Å². The number of thioether (sulfide) groups is 1. The predicted octanol–water partition coefficient (Wildman–Crippen LogP) is 6.61. The molecular formula is C24H21ClN2O2S. The van der Waals surface area contributed by atoms with Gasteiger partial charge in [-0.05, 0) is 92.6 Å². The van der Waals surface area contributed by atoms with Gasteiger partial charge in [-0.25, -0.2) is 4.90 Å². The monoisotopic (exact) mass is 436 g/mol. The fourth-order valence-electron chi connectivity index (χ4n) is 3.73. The lowest BCUT2D eigenvalue weighted by Gasteiger charge is -2.14. The van der Waals surface area contributed by atoms with Crippen molar-refractivity contribution in [2.45, 2.75) is 27.7 Å². The summed E-state index contributed by atoms with van der Waals surface area (Å²) < 4.78 is 2.19. The van der Waals surface area contributed by atoms with Gasteiger partial charge < -0.3 is 4.57 Å². The summed E-state index contributed by atoms with van der Waals surface area (Å²) in [5, 5.41) is 0.157. The number of nitrogens with zero attached hydrogens (tertiary/aromatic N) is 2. The van der Waals surface area contributed by atoms with E-state index in [-0.39, 0.29) is 11.1 Å². The lowest BCUT2D eigenvalue weighted by atomic mass is 10.1. The molecule has 0 atom stereocenters. The second kappa shape index (κ2) is 7.82. The first-order valence-electron chi connectivity index (χ1n) is 9.57. The first-order valence-corrected chi connectivity index (χ1v) is 10.8. The SMILES string of the molecule is Cc1cccc(-n2c(C)cc(/C=C3/SC(=O)N(c4cccc(Cl)c4)C3=O)c2C)c1C. The molecule has 0 radical (unpaired) electrons. The Hall–Kier alpha value is -2.76. The second-order valence-electron chi connectivity index (χ2n) is 7.38. The molecule has 1 aromatic heterocycles. The van der Waals surface area contributed by atoms with Crippen molar-refractivity contribution in [2.24, 2.45) is 0 Å². The van der Waals surface area contributed by atoms with Crippen LogP contribution in [0.4, 0.5) is 10.5 Å². The average molecular weight is 437 g/mol. The lowest BCUT2D eigenvalue weighted by Crippen LogP contribution is -2.27. The smallest absolute Gasteiger partial charge is 0.298 e. The number of benzene rings is 2. The van der Waals surface area contributed by atoms with Gasteiger partial charge in [0.2, 0.25) is 0 Å². The molecule has 1 aliphatic heterocycles. The van der Waals surface area contributed by atoms with Crippen molar-refractivity contribution in [3.05, 3.63) is 86.5 Å². The van der Waals surface area contributed by atoms with Gasteiger partial charge in [0.15, 0.2) is 0 Å². The Labute approximate surface area is 185 Å². The maximum Gasteiger partial charge on any atom is 0.298 e. The number of aromatic nitrogens is 1. The van der Waals surface area contributed by atoms with E-state index in [2.05, 4.69) is 30.5 Å². The molecular weight excluding hydrogens is 416 g/mol. The van der Waals surface area contributed by atoms with E-state index in [0.717, 1.165) is 34.4 Å². The van der Waals surface area contributed by atoms with Crippen LogP contribution in [0.1, 0.15) is 28.1 Å². The minimum atomic E-state index is -0.330. The van der Waals surface area contributed by atoms with Crippen molar-refractivity contribution in [2.75, 3.05) is 4.90 Å². The summed E-state index contributed by atoms with van der Waals surface area (Å²) >= 11 is 6.98. The lowest BCUT2D eigenvalue weighted by molar-refractivity contribution is -0.113. The summed E-state index contributed by atoms with van der Waals surface area (Å²) in [6.45, 7) is 8.28. The van der Waals surface area contributed by atoms with Gasteiger partial charge in [0.05, 0.1) is 10.6 Å². The van der Waals surface area contributed by atoms with Gasteiger partial charge >= 0.3 is 0 Å². The minimum absolute atomic E-state index is 0.322. The zero-order valence-electron chi connectivity index (χ0n) is 17.2. The predicted molar refractivity (Wildman–Crippen MR) is 125 cm³/mol. The number of halogens is 1. The minimum Gasteiger partial charge on any atom is -0.318 e. The molecule has 6 heteroatoms. The van der Waals surface area contributed by atoms with Crippen LogP contribution in [0.5, 0.6) is 0 Å². The molecule has 4 rings (SSSR count). The normalized spacial score (nSPS) is 15.5. The van der Waals surface area contributed by atoms with Gasteiger partial charge in [-0.1, -0.05) is 29.8 Å². The summed E-state index contributed by atoms with van der Waals surface area (Å²) in [6.07, 6.45) is 1.80. The second-order valence-corrected chi connectivity index (χ2v) is 8.81. The standard InChI is InChI=1S/C24H21ClN2O2S/c1-14-7-5-10-21(16(14)3)26-15(2)11-18(17(26)4)12-22-23(28)27(24(29)30-22)20-9-6-8-19(25)13-20/h5-13H,1-4H3/b22-12+. The quantitative estimate of drug-likeness (QED) is 0.434. The van der Waals surface area contributed by atoms with E-state index >= 15 is 0 Å². The number of carbonyl (C=O) groups is 2. The molecule has 30 heavy (non-hydrogen) atoms.